The summed E-state index contributed by atoms with van der Waals surface area (Å²) in [5, 5.41) is 0.689. The van der Waals surface area contributed by atoms with Gasteiger partial charge in [-0.2, -0.15) is 11.8 Å². The van der Waals surface area contributed by atoms with E-state index in [1.165, 1.54) is 12.8 Å². The second-order valence-corrected chi connectivity index (χ2v) is 7.95. The van der Waals surface area contributed by atoms with E-state index in [2.05, 4.69) is 15.8 Å². The molecule has 1 fully saturated rings. The van der Waals surface area contributed by atoms with Crippen molar-refractivity contribution >= 4 is 57.6 Å². The van der Waals surface area contributed by atoms with Crippen LogP contribution in [0.5, 0.6) is 0 Å². The Labute approximate surface area is 140 Å². The van der Waals surface area contributed by atoms with Crippen molar-refractivity contribution < 1.29 is 4.39 Å². The average molecular weight is 422 g/mol. The summed E-state index contributed by atoms with van der Waals surface area (Å²) in [5.74, 6) is -0.168. The van der Waals surface area contributed by atoms with Gasteiger partial charge in [0.2, 0.25) is 0 Å². The standard InChI is InChI=1S/C14H16FIN2S2/c1-20-9-4-2-3-8(5-9)18-13-6-10(15)11(16)7-12(13)17-14(18)19/h6-9H,2-5H2,1H3,(H,17,19). The first-order valence-corrected chi connectivity index (χ1v) is 9.49. The lowest BCUT2D eigenvalue weighted by molar-refractivity contribution is 0.365. The maximum absolute atomic E-state index is 13.9. The Morgan fingerprint density at radius 2 is 2.25 bits per heavy atom. The maximum atomic E-state index is 13.9. The van der Waals surface area contributed by atoms with Gasteiger partial charge in [0.05, 0.1) is 14.6 Å². The van der Waals surface area contributed by atoms with Crippen LogP contribution >= 0.6 is 46.6 Å². The van der Waals surface area contributed by atoms with Gasteiger partial charge in [0.15, 0.2) is 4.77 Å². The maximum Gasteiger partial charge on any atom is 0.178 e. The third kappa shape index (κ3) is 2.66. The summed E-state index contributed by atoms with van der Waals surface area (Å²) in [6.45, 7) is 0. The van der Waals surface area contributed by atoms with Crippen LogP contribution in [0.25, 0.3) is 11.0 Å². The molecule has 0 amide bonds. The number of hydrogen-bond donors (Lipinski definition) is 1. The van der Waals surface area contributed by atoms with Crippen molar-refractivity contribution in [2.45, 2.75) is 37.0 Å². The number of fused-ring (bicyclic) bond motifs is 1. The summed E-state index contributed by atoms with van der Waals surface area (Å²) >= 11 is 9.42. The van der Waals surface area contributed by atoms with Gasteiger partial charge in [-0.3, -0.25) is 0 Å². The van der Waals surface area contributed by atoms with Gasteiger partial charge in [-0.1, -0.05) is 6.42 Å². The molecule has 1 aliphatic rings. The van der Waals surface area contributed by atoms with E-state index in [9.17, 15) is 4.39 Å². The van der Waals surface area contributed by atoms with E-state index in [4.69, 9.17) is 12.2 Å². The fraction of sp³-hybridized carbons (Fsp3) is 0.500. The highest BCUT2D eigenvalue weighted by atomic mass is 127. The molecule has 1 saturated carbocycles. The minimum atomic E-state index is -0.168. The molecule has 1 heterocycles. The summed E-state index contributed by atoms with van der Waals surface area (Å²) in [5.41, 5.74) is 1.84. The normalized spacial score (nSPS) is 23.4. The highest BCUT2D eigenvalue weighted by Crippen LogP contribution is 2.36. The summed E-state index contributed by atoms with van der Waals surface area (Å²) in [6, 6.07) is 3.85. The van der Waals surface area contributed by atoms with Crippen LogP contribution in [-0.4, -0.2) is 21.1 Å². The van der Waals surface area contributed by atoms with E-state index < -0.39 is 0 Å². The van der Waals surface area contributed by atoms with Crippen LogP contribution in [-0.2, 0) is 0 Å². The third-order valence-electron chi connectivity index (χ3n) is 4.06. The van der Waals surface area contributed by atoms with Gasteiger partial charge in [0.25, 0.3) is 0 Å². The minimum Gasteiger partial charge on any atom is -0.331 e. The van der Waals surface area contributed by atoms with E-state index in [0.29, 0.717) is 19.6 Å². The molecular weight excluding hydrogens is 406 g/mol. The van der Waals surface area contributed by atoms with Crippen molar-refractivity contribution in [3.8, 4) is 0 Å². The van der Waals surface area contributed by atoms with Crippen LogP contribution in [0.2, 0.25) is 0 Å². The van der Waals surface area contributed by atoms with Gasteiger partial charge in [0.1, 0.15) is 5.82 Å². The van der Waals surface area contributed by atoms with Crippen LogP contribution in [0.4, 0.5) is 4.39 Å². The number of thioether (sulfide) groups is 1. The quantitative estimate of drug-likeness (QED) is 0.525. The molecule has 1 aromatic heterocycles. The number of benzene rings is 1. The number of imidazole rings is 1. The van der Waals surface area contributed by atoms with Gasteiger partial charge in [-0.15, -0.1) is 0 Å². The smallest absolute Gasteiger partial charge is 0.178 e. The van der Waals surface area contributed by atoms with E-state index in [-0.39, 0.29) is 5.82 Å². The van der Waals surface area contributed by atoms with Crippen LogP contribution in [0.15, 0.2) is 12.1 Å². The highest BCUT2D eigenvalue weighted by molar-refractivity contribution is 14.1. The molecule has 0 bridgehead atoms. The monoisotopic (exact) mass is 422 g/mol. The second-order valence-electron chi connectivity index (χ2n) is 5.26. The second kappa shape index (κ2) is 5.96. The Bertz CT molecular complexity index is 694. The Hall–Kier alpha value is -0.0800. The molecule has 2 unspecified atom stereocenters. The zero-order chi connectivity index (χ0) is 14.3. The first kappa shape index (κ1) is 14.8. The van der Waals surface area contributed by atoms with Crippen LogP contribution in [0.1, 0.15) is 31.7 Å². The van der Waals surface area contributed by atoms with E-state index >= 15 is 0 Å². The van der Waals surface area contributed by atoms with E-state index in [0.717, 1.165) is 23.9 Å². The van der Waals surface area contributed by atoms with Crippen LogP contribution < -0.4 is 0 Å². The molecule has 0 saturated heterocycles. The van der Waals surface area contributed by atoms with E-state index in [1.807, 2.05) is 40.4 Å². The van der Waals surface area contributed by atoms with E-state index in [1.54, 1.807) is 6.07 Å². The molecule has 2 nitrogen and oxygen atoms in total. The molecule has 1 aliphatic carbocycles. The molecule has 0 radical (unpaired) electrons. The highest BCUT2D eigenvalue weighted by Gasteiger charge is 2.24. The first-order valence-electron chi connectivity index (χ1n) is 6.72. The van der Waals surface area contributed by atoms with Crippen molar-refractivity contribution in [1.29, 1.82) is 0 Å². The molecule has 20 heavy (non-hydrogen) atoms. The van der Waals surface area contributed by atoms with Gasteiger partial charge in [-0.25, -0.2) is 4.39 Å². The molecular formula is C14H16FIN2S2. The molecule has 1 aromatic carbocycles. The van der Waals surface area contributed by atoms with Gasteiger partial charge < -0.3 is 9.55 Å². The molecule has 2 aromatic rings. The topological polar surface area (TPSA) is 20.7 Å². The van der Waals surface area contributed by atoms with Crippen molar-refractivity contribution in [3.05, 3.63) is 26.3 Å². The molecule has 108 valence electrons. The number of H-pyrrole nitrogens is 1. The van der Waals surface area contributed by atoms with Gasteiger partial charge >= 0.3 is 0 Å². The van der Waals surface area contributed by atoms with Crippen molar-refractivity contribution in [2.75, 3.05) is 6.26 Å². The van der Waals surface area contributed by atoms with Crippen molar-refractivity contribution in [1.82, 2.24) is 9.55 Å². The predicted octanol–water partition coefficient (Wildman–Crippen LogP) is 5.29. The average Bonchev–Trinajstić information content (AvgIpc) is 2.74. The number of aromatic amines is 1. The fourth-order valence-corrected chi connectivity index (χ4v) is 4.69. The molecule has 0 spiro atoms. The molecule has 1 N–H and O–H groups in total. The van der Waals surface area contributed by atoms with Gasteiger partial charge in [-0.05, 0) is 66.4 Å². The third-order valence-corrected chi connectivity index (χ3v) is 6.28. The Balaban J connectivity index is 2.08. The number of nitrogens with zero attached hydrogens (tertiary/aromatic N) is 1. The Morgan fingerprint density at radius 1 is 1.45 bits per heavy atom. The lowest BCUT2D eigenvalue weighted by Crippen LogP contribution is -2.20. The predicted molar refractivity (Wildman–Crippen MR) is 94.6 cm³/mol. The molecule has 2 atom stereocenters. The number of halogens is 2. The molecule has 0 aliphatic heterocycles. The van der Waals surface area contributed by atoms with Crippen molar-refractivity contribution in [3.63, 3.8) is 0 Å². The SMILES string of the molecule is CSC1CCCC(n2c(=S)[nH]c3cc(I)c(F)cc32)C1. The fourth-order valence-electron chi connectivity index (χ4n) is 3.05. The number of hydrogen-bond acceptors (Lipinski definition) is 2. The van der Waals surface area contributed by atoms with Crippen molar-refractivity contribution in [2.24, 2.45) is 0 Å². The molecule has 3 rings (SSSR count). The lowest BCUT2D eigenvalue weighted by Gasteiger charge is -2.29. The minimum absolute atomic E-state index is 0.168. The number of nitrogens with one attached hydrogen (secondary N) is 1. The van der Waals surface area contributed by atoms with Gasteiger partial charge in [0, 0.05) is 17.4 Å². The largest absolute Gasteiger partial charge is 0.331 e. The first-order chi connectivity index (χ1) is 9.60. The summed E-state index contributed by atoms with van der Waals surface area (Å²) in [6.07, 6.45) is 6.92. The lowest BCUT2D eigenvalue weighted by atomic mass is 9.94. The Morgan fingerprint density at radius 3 is 3.00 bits per heavy atom. The zero-order valence-electron chi connectivity index (χ0n) is 11.2. The van der Waals surface area contributed by atoms with Crippen LogP contribution in [0.3, 0.4) is 0 Å². The summed E-state index contributed by atoms with van der Waals surface area (Å²) in [4.78, 5) is 3.22. The summed E-state index contributed by atoms with van der Waals surface area (Å²) < 4.78 is 17.4. The number of rotatable bonds is 2. The van der Waals surface area contributed by atoms with Crippen LogP contribution in [0, 0.1) is 14.2 Å². The summed E-state index contributed by atoms with van der Waals surface area (Å²) in [7, 11) is 0. The number of aromatic nitrogens is 2. The Kier molecular flexibility index (Phi) is 4.42. The zero-order valence-corrected chi connectivity index (χ0v) is 14.9. The molecule has 6 heteroatoms.